The number of hydrogen-bond acceptors (Lipinski definition) is 8. The third-order valence-electron chi connectivity index (χ3n) is 9.42. The number of rotatable bonds is 5. The molecule has 1 fully saturated rings. The Balaban J connectivity index is 0.950. The smallest absolute Gasteiger partial charge is 0.296 e. The van der Waals surface area contributed by atoms with Gasteiger partial charge in [-0.2, -0.15) is 0 Å². The van der Waals surface area contributed by atoms with Crippen molar-refractivity contribution in [3.8, 4) is 0 Å². The molecule has 3 aliphatic carbocycles. The van der Waals surface area contributed by atoms with Crippen LogP contribution in [0.3, 0.4) is 0 Å². The number of para-hydroxylation sites is 1. The number of carbonyl (C=O) groups excluding carboxylic acids is 3. The van der Waals surface area contributed by atoms with Gasteiger partial charge in [-0.1, -0.05) is 72.0 Å². The predicted octanol–water partition coefficient (Wildman–Crippen LogP) is 5.91. The Labute approximate surface area is 262 Å². The van der Waals surface area contributed by atoms with Crippen LogP contribution in [0.1, 0.15) is 57.9 Å². The van der Waals surface area contributed by atoms with Gasteiger partial charge in [0.1, 0.15) is 5.69 Å². The largest absolute Gasteiger partial charge is 0.345 e. The van der Waals surface area contributed by atoms with Crippen molar-refractivity contribution < 1.29 is 14.4 Å². The maximum absolute atomic E-state index is 14.0. The Bertz CT molecular complexity index is 1880. The number of Topliss-reactive ketones (excluding diaryl/α,β-unsaturated/α-hetero) is 1. The van der Waals surface area contributed by atoms with Crippen LogP contribution in [0.25, 0.3) is 10.2 Å². The van der Waals surface area contributed by atoms with Gasteiger partial charge in [0.05, 0.1) is 15.6 Å². The summed E-state index contributed by atoms with van der Waals surface area (Å²) in [4.78, 5) is 53.1. The summed E-state index contributed by atoms with van der Waals surface area (Å²) >= 11 is 2.81. The van der Waals surface area contributed by atoms with E-state index >= 15 is 0 Å². The molecule has 0 radical (unpaired) electrons. The highest BCUT2D eigenvalue weighted by atomic mass is 32.1. The number of amides is 2. The third kappa shape index (κ3) is 4.27. The van der Waals surface area contributed by atoms with Gasteiger partial charge in [-0.05, 0) is 47.7 Å². The summed E-state index contributed by atoms with van der Waals surface area (Å²) in [5, 5.41) is 5.83. The van der Waals surface area contributed by atoms with Crippen molar-refractivity contribution >= 4 is 60.8 Å². The van der Waals surface area contributed by atoms with Crippen LogP contribution in [0.5, 0.6) is 0 Å². The highest BCUT2D eigenvalue weighted by molar-refractivity contribution is 7.22. The zero-order valence-corrected chi connectivity index (χ0v) is 25.7. The van der Waals surface area contributed by atoms with E-state index in [1.165, 1.54) is 33.6 Å². The molecule has 3 aromatic carbocycles. The van der Waals surface area contributed by atoms with E-state index in [4.69, 9.17) is 4.98 Å². The Morgan fingerprint density at radius 2 is 1.48 bits per heavy atom. The van der Waals surface area contributed by atoms with E-state index in [0.717, 1.165) is 15.3 Å². The summed E-state index contributed by atoms with van der Waals surface area (Å²) in [5.74, 6) is -1.28. The topological polar surface area (TPSA) is 95.5 Å². The third-order valence-corrected chi connectivity index (χ3v) is 11.3. The molecule has 2 aromatic heterocycles. The molecule has 1 aliphatic heterocycles. The summed E-state index contributed by atoms with van der Waals surface area (Å²) in [5.41, 5.74) is 5.32. The summed E-state index contributed by atoms with van der Waals surface area (Å²) < 4.78 is 1.13. The van der Waals surface area contributed by atoms with Crippen LogP contribution in [0.2, 0.25) is 0 Å². The van der Waals surface area contributed by atoms with E-state index in [2.05, 4.69) is 57.7 Å². The lowest BCUT2D eigenvalue weighted by atomic mass is 9.52. The lowest BCUT2D eigenvalue weighted by Gasteiger charge is -2.50. The second-order valence-corrected chi connectivity index (χ2v) is 13.8. The number of benzene rings is 3. The zero-order chi connectivity index (χ0) is 30.0. The normalized spacial score (nSPS) is 22.0. The Morgan fingerprint density at radius 3 is 2.16 bits per heavy atom. The maximum atomic E-state index is 14.0. The number of ketones is 1. The molecule has 9 rings (SSSR count). The fourth-order valence-corrected chi connectivity index (χ4v) is 8.92. The van der Waals surface area contributed by atoms with E-state index in [1.807, 2.05) is 37.3 Å². The molecule has 10 heteroatoms. The summed E-state index contributed by atoms with van der Waals surface area (Å²) in [6.45, 7) is 4.09. The van der Waals surface area contributed by atoms with Gasteiger partial charge in [0.25, 0.3) is 11.7 Å². The first-order valence-electron chi connectivity index (χ1n) is 14.8. The van der Waals surface area contributed by atoms with Gasteiger partial charge in [0.15, 0.2) is 10.3 Å². The number of fused-ring (bicyclic) bond motifs is 2. The van der Waals surface area contributed by atoms with E-state index in [9.17, 15) is 14.4 Å². The molecule has 4 aliphatic rings. The molecule has 2 amide bonds. The monoisotopic (exact) mass is 619 g/mol. The highest BCUT2D eigenvalue weighted by Gasteiger charge is 2.54. The fraction of sp³-hybridized carbons (Fsp3) is 0.265. The molecule has 220 valence electrons. The minimum absolute atomic E-state index is 0.0647. The molecule has 8 nitrogen and oxygen atoms in total. The zero-order valence-electron chi connectivity index (χ0n) is 24.0. The number of hydrogen-bond donors (Lipinski definition) is 1. The van der Waals surface area contributed by atoms with E-state index in [1.54, 1.807) is 21.6 Å². The van der Waals surface area contributed by atoms with Crippen molar-refractivity contribution in [2.45, 2.75) is 25.2 Å². The van der Waals surface area contributed by atoms with Gasteiger partial charge in [-0.3, -0.25) is 14.4 Å². The Hall–Kier alpha value is -4.41. The van der Waals surface area contributed by atoms with Crippen LogP contribution in [0, 0.1) is 5.41 Å². The van der Waals surface area contributed by atoms with Crippen molar-refractivity contribution in [2.75, 3.05) is 36.4 Å². The SMILES string of the molecule is CC1(C(=O)Nc2nc(C(=O)C(=O)N3CCN(c4nc5ccccc5s4)CC3)cs2)CC2c3ccccc3C1c1ccccc12. The van der Waals surface area contributed by atoms with Gasteiger partial charge < -0.3 is 15.1 Å². The van der Waals surface area contributed by atoms with Crippen LogP contribution in [-0.4, -0.2) is 58.6 Å². The number of aromatic nitrogens is 2. The van der Waals surface area contributed by atoms with Crippen LogP contribution in [0.15, 0.2) is 78.2 Å². The second kappa shape index (κ2) is 10.3. The summed E-state index contributed by atoms with van der Waals surface area (Å²) in [7, 11) is 0. The van der Waals surface area contributed by atoms with Gasteiger partial charge in [-0.15, -0.1) is 11.3 Å². The van der Waals surface area contributed by atoms with Gasteiger partial charge in [-0.25, -0.2) is 9.97 Å². The molecular formula is C34H29N5O3S2. The van der Waals surface area contributed by atoms with Gasteiger partial charge in [0, 0.05) is 43.4 Å². The van der Waals surface area contributed by atoms with Gasteiger partial charge in [0.2, 0.25) is 5.91 Å². The molecule has 1 unspecified atom stereocenters. The van der Waals surface area contributed by atoms with Gasteiger partial charge >= 0.3 is 0 Å². The number of thiazole rings is 2. The molecule has 0 spiro atoms. The van der Waals surface area contributed by atoms with E-state index < -0.39 is 17.1 Å². The highest BCUT2D eigenvalue weighted by Crippen LogP contribution is 2.61. The lowest BCUT2D eigenvalue weighted by molar-refractivity contribution is -0.127. The molecule has 1 N–H and O–H groups in total. The Morgan fingerprint density at radius 1 is 0.841 bits per heavy atom. The summed E-state index contributed by atoms with van der Waals surface area (Å²) in [6, 6.07) is 24.9. The average molecular weight is 620 g/mol. The number of nitrogens with one attached hydrogen (secondary N) is 1. The maximum Gasteiger partial charge on any atom is 0.296 e. The molecule has 2 bridgehead atoms. The molecule has 1 atom stereocenters. The lowest BCUT2D eigenvalue weighted by Crippen LogP contribution is -2.50. The van der Waals surface area contributed by atoms with Crippen molar-refractivity contribution in [1.29, 1.82) is 0 Å². The molecule has 0 saturated carbocycles. The van der Waals surface area contributed by atoms with Crippen LogP contribution in [0.4, 0.5) is 10.3 Å². The molecule has 44 heavy (non-hydrogen) atoms. The first-order chi connectivity index (χ1) is 21.4. The average Bonchev–Trinajstić information content (AvgIpc) is 3.72. The van der Waals surface area contributed by atoms with E-state index in [0.29, 0.717) is 37.7 Å². The standard InChI is InChI=1S/C34H29N5O3S2/c1-34(18-24-20-8-2-4-10-22(20)28(34)23-11-5-3-9-21(23)24)31(42)37-32-35-26(19-43-32)29(40)30(41)38-14-16-39(17-15-38)33-36-25-12-6-7-13-27(25)44-33/h2-13,19,24,28H,14-18H2,1H3,(H,35,37,42). The number of piperazine rings is 1. The van der Waals surface area contributed by atoms with Crippen molar-refractivity contribution in [3.05, 3.63) is 106 Å². The minimum Gasteiger partial charge on any atom is -0.345 e. The Kier molecular flexibility index (Phi) is 6.39. The van der Waals surface area contributed by atoms with Crippen molar-refractivity contribution in [1.82, 2.24) is 14.9 Å². The number of anilines is 2. The van der Waals surface area contributed by atoms with Crippen molar-refractivity contribution in [2.24, 2.45) is 5.41 Å². The molecule has 3 heterocycles. The fourth-order valence-electron chi connectivity index (χ4n) is 7.21. The number of carbonyl (C=O) groups is 3. The molecular weight excluding hydrogens is 591 g/mol. The van der Waals surface area contributed by atoms with Crippen LogP contribution < -0.4 is 10.2 Å². The molecule has 5 aromatic rings. The predicted molar refractivity (Wildman–Crippen MR) is 173 cm³/mol. The van der Waals surface area contributed by atoms with Crippen LogP contribution >= 0.6 is 22.7 Å². The van der Waals surface area contributed by atoms with E-state index in [-0.39, 0.29) is 23.4 Å². The summed E-state index contributed by atoms with van der Waals surface area (Å²) in [6.07, 6.45) is 0.691. The van der Waals surface area contributed by atoms with Crippen LogP contribution in [-0.2, 0) is 9.59 Å². The molecule has 1 saturated heterocycles. The van der Waals surface area contributed by atoms with Crippen molar-refractivity contribution in [3.63, 3.8) is 0 Å². The quantitative estimate of drug-likeness (QED) is 0.194. The first kappa shape index (κ1) is 27.2. The first-order valence-corrected chi connectivity index (χ1v) is 16.5. The number of nitrogens with zero attached hydrogens (tertiary/aromatic N) is 4. The second-order valence-electron chi connectivity index (χ2n) is 11.9. The minimum atomic E-state index is -0.692.